The van der Waals surface area contributed by atoms with E-state index in [1.807, 2.05) is 24.3 Å². The van der Waals surface area contributed by atoms with E-state index in [-0.39, 0.29) is 0 Å². The smallest absolute Gasteiger partial charge is 0.213 e. The molecule has 0 saturated carbocycles. The van der Waals surface area contributed by atoms with E-state index in [2.05, 4.69) is 168 Å². The van der Waals surface area contributed by atoms with Gasteiger partial charge in [-0.05, 0) is 57.9 Å². The van der Waals surface area contributed by atoms with Gasteiger partial charge < -0.3 is 4.42 Å². The van der Waals surface area contributed by atoms with E-state index in [0.717, 1.165) is 99.1 Å². The number of fused-ring (bicyclic) bond motifs is 9. The minimum Gasteiger partial charge on any atom is -0.437 e. The summed E-state index contributed by atoms with van der Waals surface area (Å²) in [6, 6.07) is 64.9. The van der Waals surface area contributed by atoms with E-state index in [1.54, 1.807) is 0 Å². The Labute approximate surface area is 332 Å². The summed E-state index contributed by atoms with van der Waals surface area (Å²) in [5.74, 6) is 1.86. The molecule has 0 N–H and O–H groups in total. The Morgan fingerprint density at radius 1 is 0.379 bits per heavy atom. The van der Waals surface area contributed by atoms with Crippen LogP contribution in [-0.4, -0.2) is 24.5 Å². The second-order valence-corrected chi connectivity index (χ2v) is 14.6. The Hall–Kier alpha value is -7.96. The van der Waals surface area contributed by atoms with Gasteiger partial charge in [0.15, 0.2) is 23.1 Å². The maximum absolute atomic E-state index is 7.00. The highest BCUT2D eigenvalue weighted by molar-refractivity contribution is 6.28. The van der Waals surface area contributed by atoms with Gasteiger partial charge in [0.25, 0.3) is 0 Å². The number of pyridine rings is 1. The van der Waals surface area contributed by atoms with Crippen LogP contribution in [-0.2, 0) is 0 Å². The second-order valence-electron chi connectivity index (χ2n) is 14.6. The molecule has 0 aliphatic heterocycles. The zero-order chi connectivity index (χ0) is 38.2. The maximum atomic E-state index is 7.00. The Morgan fingerprint density at radius 3 is 1.62 bits per heavy atom. The molecular weight excluding hydrogens is 711 g/mol. The molecule has 0 fully saturated rings. The number of hydrogen-bond donors (Lipinski definition) is 0. The lowest BCUT2D eigenvalue weighted by Gasteiger charge is -2.12. The Kier molecular flexibility index (Phi) is 7.13. The molecule has 58 heavy (non-hydrogen) atoms. The molecule has 4 heterocycles. The molecule has 0 amide bonds. The fraction of sp³-hybridized carbons (Fsp3) is 0. The van der Waals surface area contributed by atoms with E-state index in [9.17, 15) is 0 Å². The Bertz CT molecular complexity index is 3460. The Morgan fingerprint density at radius 2 is 0.931 bits per heavy atom. The van der Waals surface area contributed by atoms with Gasteiger partial charge in [-0.15, -0.1) is 0 Å². The summed E-state index contributed by atoms with van der Waals surface area (Å²) in [7, 11) is 0. The first-order chi connectivity index (χ1) is 28.8. The zero-order valence-corrected chi connectivity index (χ0v) is 31.0. The summed E-state index contributed by atoms with van der Waals surface area (Å²) in [4.78, 5) is 20.6. The lowest BCUT2D eigenvalue weighted by molar-refractivity contribution is 0.645. The van der Waals surface area contributed by atoms with Crippen LogP contribution in [0, 0.1) is 0 Å². The highest BCUT2D eigenvalue weighted by Crippen LogP contribution is 2.44. The molecule has 270 valence electrons. The van der Waals surface area contributed by atoms with Crippen LogP contribution in [0.15, 0.2) is 192 Å². The molecule has 0 unspecified atom stereocenters. The van der Waals surface area contributed by atoms with Crippen LogP contribution in [0.25, 0.3) is 117 Å². The third kappa shape index (κ3) is 4.98. The summed E-state index contributed by atoms with van der Waals surface area (Å²) in [5, 5.41) is 8.77. The van der Waals surface area contributed by atoms with Crippen molar-refractivity contribution in [2.45, 2.75) is 0 Å². The molecule has 0 radical (unpaired) electrons. The predicted octanol–water partition coefficient (Wildman–Crippen LogP) is 13.2. The van der Waals surface area contributed by atoms with Crippen molar-refractivity contribution >= 4 is 65.4 Å². The molecule has 0 aliphatic rings. The summed E-state index contributed by atoms with van der Waals surface area (Å²) >= 11 is 0. The molecule has 6 heteroatoms. The van der Waals surface area contributed by atoms with Crippen molar-refractivity contribution in [1.82, 2.24) is 24.5 Å². The summed E-state index contributed by atoms with van der Waals surface area (Å²) in [6.45, 7) is 0. The molecule has 0 spiro atoms. The van der Waals surface area contributed by atoms with Gasteiger partial charge in [0.1, 0.15) is 5.69 Å². The third-order valence-corrected chi connectivity index (χ3v) is 11.3. The molecule has 0 atom stereocenters. The lowest BCUT2D eigenvalue weighted by Crippen LogP contribution is -2.01. The molecule has 4 aromatic heterocycles. The number of aromatic nitrogens is 5. The predicted molar refractivity (Wildman–Crippen MR) is 236 cm³/mol. The minimum absolute atomic E-state index is 0.601. The highest BCUT2D eigenvalue weighted by Gasteiger charge is 2.24. The van der Waals surface area contributed by atoms with Crippen LogP contribution in [0.1, 0.15) is 0 Å². The van der Waals surface area contributed by atoms with Crippen molar-refractivity contribution in [3.63, 3.8) is 0 Å². The van der Waals surface area contributed by atoms with Gasteiger partial charge in [0.05, 0.1) is 16.4 Å². The van der Waals surface area contributed by atoms with Crippen LogP contribution in [0.2, 0.25) is 0 Å². The fourth-order valence-corrected chi connectivity index (χ4v) is 8.59. The second kappa shape index (κ2) is 12.8. The molecule has 0 aliphatic carbocycles. The molecule has 0 bridgehead atoms. The van der Waals surface area contributed by atoms with Crippen molar-refractivity contribution in [3.8, 4) is 51.1 Å². The molecular formula is C52H31N5O. The number of nitrogens with zero attached hydrogens (tertiary/aromatic N) is 5. The van der Waals surface area contributed by atoms with Crippen LogP contribution in [0.4, 0.5) is 0 Å². The van der Waals surface area contributed by atoms with Gasteiger partial charge in [-0.1, -0.05) is 152 Å². The first-order valence-electron chi connectivity index (χ1n) is 19.4. The normalized spacial score (nSPS) is 11.8. The summed E-state index contributed by atoms with van der Waals surface area (Å²) < 4.78 is 9.22. The molecule has 6 nitrogen and oxygen atoms in total. The van der Waals surface area contributed by atoms with Crippen LogP contribution in [0.5, 0.6) is 0 Å². The van der Waals surface area contributed by atoms with Crippen molar-refractivity contribution in [2.24, 2.45) is 0 Å². The monoisotopic (exact) mass is 741 g/mol. The van der Waals surface area contributed by atoms with E-state index >= 15 is 0 Å². The van der Waals surface area contributed by atoms with Gasteiger partial charge in [-0.3, -0.25) is 4.57 Å². The molecule has 0 saturated heterocycles. The van der Waals surface area contributed by atoms with Gasteiger partial charge in [0.2, 0.25) is 5.71 Å². The van der Waals surface area contributed by atoms with Crippen LogP contribution in [0.3, 0.4) is 0 Å². The van der Waals surface area contributed by atoms with Crippen molar-refractivity contribution in [2.75, 3.05) is 0 Å². The third-order valence-electron chi connectivity index (χ3n) is 11.3. The minimum atomic E-state index is 0.601. The van der Waals surface area contributed by atoms with Gasteiger partial charge >= 0.3 is 0 Å². The van der Waals surface area contributed by atoms with E-state index in [0.29, 0.717) is 17.5 Å². The largest absolute Gasteiger partial charge is 0.437 e. The summed E-state index contributed by atoms with van der Waals surface area (Å²) in [6.07, 6.45) is 0. The molecule has 12 aromatic rings. The highest BCUT2D eigenvalue weighted by atomic mass is 16.3. The standard InChI is InChI=1S/C52H31N5O/c1-2-16-34(17-3-1)47-48-45(41-22-8-10-26-43(41)53-47)46-42-23-9-11-27-44(42)57(52(46)58-48)36-30-28-35(29-31-36)49-54-50(39-24-12-18-32-14-4-6-20-37(32)39)56-51(55-49)40-25-13-19-33-15-5-7-21-38(33)40/h1-31H. The van der Waals surface area contributed by atoms with Crippen molar-refractivity contribution < 1.29 is 4.42 Å². The fourth-order valence-electron chi connectivity index (χ4n) is 8.59. The first kappa shape index (κ1) is 32.3. The van der Waals surface area contributed by atoms with E-state index < -0.39 is 0 Å². The number of para-hydroxylation sites is 2. The average molecular weight is 742 g/mol. The Balaban J connectivity index is 1.06. The average Bonchev–Trinajstić information content (AvgIpc) is 3.84. The number of benzene rings is 8. The van der Waals surface area contributed by atoms with E-state index in [1.165, 1.54) is 0 Å². The molecule has 8 aromatic carbocycles. The quantitative estimate of drug-likeness (QED) is 0.176. The zero-order valence-electron chi connectivity index (χ0n) is 31.0. The van der Waals surface area contributed by atoms with Gasteiger partial charge in [0, 0.05) is 44.1 Å². The number of furan rings is 1. The summed E-state index contributed by atoms with van der Waals surface area (Å²) in [5.41, 5.74) is 9.15. The van der Waals surface area contributed by atoms with Crippen molar-refractivity contribution in [1.29, 1.82) is 0 Å². The topological polar surface area (TPSA) is 69.6 Å². The van der Waals surface area contributed by atoms with E-state index in [4.69, 9.17) is 24.4 Å². The maximum Gasteiger partial charge on any atom is 0.213 e. The van der Waals surface area contributed by atoms with Crippen LogP contribution < -0.4 is 0 Å². The van der Waals surface area contributed by atoms with Crippen LogP contribution >= 0.6 is 0 Å². The van der Waals surface area contributed by atoms with Gasteiger partial charge in [-0.2, -0.15) is 0 Å². The van der Waals surface area contributed by atoms with Gasteiger partial charge in [-0.25, -0.2) is 19.9 Å². The molecule has 12 rings (SSSR count). The number of rotatable bonds is 5. The number of hydrogen-bond acceptors (Lipinski definition) is 5. The SMILES string of the molecule is c1ccc(-c2nc3ccccc3c3c2oc2c3c3ccccc3n2-c2ccc(-c3nc(-c4cccc5ccccc45)nc(-c4cccc5ccccc45)n3)cc2)cc1. The lowest BCUT2D eigenvalue weighted by atomic mass is 10.0. The first-order valence-corrected chi connectivity index (χ1v) is 19.4. The van der Waals surface area contributed by atoms with Crippen molar-refractivity contribution in [3.05, 3.63) is 188 Å².